The minimum absolute atomic E-state index is 0.0384. The van der Waals surface area contributed by atoms with Crippen molar-refractivity contribution in [3.05, 3.63) is 41.6 Å². The normalized spacial score (nSPS) is 15.3. The van der Waals surface area contributed by atoms with Gasteiger partial charge in [0.15, 0.2) is 5.82 Å². The van der Waals surface area contributed by atoms with Gasteiger partial charge in [-0.15, -0.1) is 0 Å². The van der Waals surface area contributed by atoms with Crippen molar-refractivity contribution in [3.8, 4) is 0 Å². The van der Waals surface area contributed by atoms with Gasteiger partial charge in [0.25, 0.3) is 0 Å². The number of aromatic nitrogens is 4. The number of hydrogen-bond acceptors (Lipinski definition) is 7. The molecule has 1 aromatic carbocycles. The number of anilines is 3. The Morgan fingerprint density at radius 3 is 2.78 bits per heavy atom. The van der Waals surface area contributed by atoms with Crippen LogP contribution in [0.1, 0.15) is 12.8 Å². The fourth-order valence-corrected chi connectivity index (χ4v) is 3.35. The molecule has 140 valence electrons. The summed E-state index contributed by atoms with van der Waals surface area (Å²) in [5.41, 5.74) is 7.61. The van der Waals surface area contributed by atoms with Crippen molar-refractivity contribution in [2.45, 2.75) is 12.8 Å². The molecule has 3 N–H and O–H groups in total. The Morgan fingerprint density at radius 1 is 1.22 bits per heavy atom. The molecule has 3 heterocycles. The first kappa shape index (κ1) is 17.8. The van der Waals surface area contributed by atoms with E-state index in [1.807, 2.05) is 0 Å². The van der Waals surface area contributed by atoms with Crippen molar-refractivity contribution in [1.82, 2.24) is 19.9 Å². The molecule has 0 radical (unpaired) electrons. The highest BCUT2D eigenvalue weighted by Gasteiger charge is 2.20. The Hall–Kier alpha value is -2.58. The van der Waals surface area contributed by atoms with Gasteiger partial charge in [0.1, 0.15) is 23.2 Å². The molecule has 7 nitrogen and oxygen atoms in total. The first-order chi connectivity index (χ1) is 13.1. The topological polar surface area (TPSA) is 92.9 Å². The lowest BCUT2D eigenvalue weighted by Crippen LogP contribution is -2.37. The molecule has 4 rings (SSSR count). The van der Waals surface area contributed by atoms with E-state index in [9.17, 15) is 4.39 Å². The van der Waals surface area contributed by atoms with Crippen LogP contribution in [0.25, 0.3) is 11.0 Å². The highest BCUT2D eigenvalue weighted by molar-refractivity contribution is 6.31. The summed E-state index contributed by atoms with van der Waals surface area (Å²) in [6, 6.07) is 4.40. The molecule has 1 aliphatic heterocycles. The van der Waals surface area contributed by atoms with Gasteiger partial charge in [0, 0.05) is 18.8 Å². The summed E-state index contributed by atoms with van der Waals surface area (Å²) in [5, 5.41) is 3.17. The Morgan fingerprint density at radius 2 is 2.04 bits per heavy atom. The zero-order chi connectivity index (χ0) is 18.8. The lowest BCUT2D eigenvalue weighted by atomic mass is 9.97. The van der Waals surface area contributed by atoms with Crippen LogP contribution in [-0.4, -0.2) is 39.6 Å². The number of nitrogens with one attached hydrogen (secondary N) is 1. The van der Waals surface area contributed by atoms with E-state index in [-0.39, 0.29) is 5.02 Å². The van der Waals surface area contributed by atoms with Crippen molar-refractivity contribution in [2.75, 3.05) is 29.9 Å². The van der Waals surface area contributed by atoms with Crippen LogP contribution >= 0.6 is 11.6 Å². The number of piperidine rings is 1. The first-order valence-corrected chi connectivity index (χ1v) is 9.16. The quantitative estimate of drug-likeness (QED) is 0.710. The highest BCUT2D eigenvalue weighted by atomic mass is 35.5. The number of hydrogen-bond donors (Lipinski definition) is 2. The number of rotatable bonds is 4. The molecule has 1 aliphatic rings. The maximum absolute atomic E-state index is 13.4. The Balaban J connectivity index is 1.64. The van der Waals surface area contributed by atoms with E-state index in [0.29, 0.717) is 40.9 Å². The Kier molecular flexibility index (Phi) is 5.00. The largest absolute Gasteiger partial charge is 0.341 e. The zero-order valence-corrected chi connectivity index (χ0v) is 15.3. The number of halogens is 2. The third-order valence-corrected chi connectivity index (χ3v) is 5.07. The molecule has 0 unspecified atom stereocenters. The molecule has 2 aromatic heterocycles. The maximum atomic E-state index is 13.4. The van der Waals surface area contributed by atoms with Crippen molar-refractivity contribution in [2.24, 2.45) is 11.7 Å². The van der Waals surface area contributed by atoms with Gasteiger partial charge in [0.2, 0.25) is 5.95 Å². The van der Waals surface area contributed by atoms with Gasteiger partial charge in [-0.2, -0.15) is 0 Å². The molecule has 0 bridgehead atoms. The summed E-state index contributed by atoms with van der Waals surface area (Å²) in [6.07, 6.45) is 5.19. The van der Waals surface area contributed by atoms with Crippen molar-refractivity contribution in [1.29, 1.82) is 0 Å². The van der Waals surface area contributed by atoms with Crippen LogP contribution in [0.5, 0.6) is 0 Å². The van der Waals surface area contributed by atoms with Gasteiger partial charge < -0.3 is 16.0 Å². The van der Waals surface area contributed by atoms with Gasteiger partial charge in [-0.1, -0.05) is 11.6 Å². The summed E-state index contributed by atoms with van der Waals surface area (Å²) in [7, 11) is 0. The number of fused-ring (bicyclic) bond motifs is 1. The first-order valence-electron chi connectivity index (χ1n) is 8.79. The van der Waals surface area contributed by atoms with Crippen LogP contribution in [0.15, 0.2) is 30.7 Å². The van der Waals surface area contributed by atoms with Gasteiger partial charge in [-0.3, -0.25) is 0 Å². The summed E-state index contributed by atoms with van der Waals surface area (Å²) < 4.78 is 13.4. The number of benzene rings is 1. The summed E-state index contributed by atoms with van der Waals surface area (Å²) in [6.45, 7) is 2.46. The van der Waals surface area contributed by atoms with Crippen LogP contribution in [0.3, 0.4) is 0 Å². The van der Waals surface area contributed by atoms with Crippen LogP contribution in [-0.2, 0) is 0 Å². The molecule has 1 fully saturated rings. The molecule has 0 aliphatic carbocycles. The van der Waals surface area contributed by atoms with Gasteiger partial charge in [-0.05, 0) is 43.5 Å². The third kappa shape index (κ3) is 3.77. The molecule has 27 heavy (non-hydrogen) atoms. The van der Waals surface area contributed by atoms with E-state index in [0.717, 1.165) is 25.9 Å². The minimum atomic E-state index is -0.472. The molecule has 0 amide bonds. The lowest BCUT2D eigenvalue weighted by Gasteiger charge is -2.31. The average molecular weight is 388 g/mol. The summed E-state index contributed by atoms with van der Waals surface area (Å²) >= 11 is 5.86. The molecule has 0 atom stereocenters. The van der Waals surface area contributed by atoms with Gasteiger partial charge in [-0.25, -0.2) is 24.3 Å². The fourth-order valence-electron chi connectivity index (χ4n) is 3.17. The van der Waals surface area contributed by atoms with Crippen LogP contribution in [0.4, 0.5) is 21.8 Å². The molecule has 3 aromatic rings. The van der Waals surface area contributed by atoms with Crippen LogP contribution < -0.4 is 16.0 Å². The standard InChI is InChI=1S/C18H19ClFN7/c19-13-7-12(1-2-14(13)20)25-17-16-15(23-10-24-17)9-22-18(26-16)27-5-3-11(8-21)4-6-27/h1-2,7,9-11H,3-6,8,21H2,(H,23,24,25). The second-order valence-corrected chi connectivity index (χ2v) is 6.95. The second-order valence-electron chi connectivity index (χ2n) is 6.55. The summed E-state index contributed by atoms with van der Waals surface area (Å²) in [4.78, 5) is 19.8. The van der Waals surface area contributed by atoms with E-state index >= 15 is 0 Å². The van der Waals surface area contributed by atoms with Gasteiger partial charge >= 0.3 is 0 Å². The monoisotopic (exact) mass is 387 g/mol. The molecular formula is C18H19ClFN7. The smallest absolute Gasteiger partial charge is 0.226 e. The molecular weight excluding hydrogens is 369 g/mol. The Bertz CT molecular complexity index is 960. The molecule has 1 saturated heterocycles. The van der Waals surface area contributed by atoms with E-state index in [2.05, 4.69) is 30.2 Å². The number of nitrogens with zero attached hydrogens (tertiary/aromatic N) is 5. The van der Waals surface area contributed by atoms with E-state index in [1.165, 1.54) is 18.5 Å². The second kappa shape index (κ2) is 7.58. The SMILES string of the molecule is NCC1CCN(c2ncc3ncnc(Nc4ccc(F)c(Cl)c4)c3n2)CC1. The number of nitrogens with two attached hydrogens (primary N) is 1. The molecule has 0 saturated carbocycles. The van der Waals surface area contributed by atoms with Crippen LogP contribution in [0, 0.1) is 11.7 Å². The third-order valence-electron chi connectivity index (χ3n) is 4.78. The highest BCUT2D eigenvalue weighted by Crippen LogP contribution is 2.26. The Labute approximate surface area is 160 Å². The van der Waals surface area contributed by atoms with Crippen molar-refractivity contribution < 1.29 is 4.39 Å². The van der Waals surface area contributed by atoms with E-state index in [4.69, 9.17) is 17.3 Å². The van der Waals surface area contributed by atoms with Gasteiger partial charge in [0.05, 0.1) is 11.2 Å². The molecule has 0 spiro atoms. The maximum Gasteiger partial charge on any atom is 0.226 e. The van der Waals surface area contributed by atoms with E-state index < -0.39 is 5.82 Å². The minimum Gasteiger partial charge on any atom is -0.341 e. The van der Waals surface area contributed by atoms with Crippen molar-refractivity contribution in [3.63, 3.8) is 0 Å². The summed E-state index contributed by atoms with van der Waals surface area (Å²) in [5.74, 6) is 1.25. The van der Waals surface area contributed by atoms with Crippen LogP contribution in [0.2, 0.25) is 5.02 Å². The predicted molar refractivity (Wildman–Crippen MR) is 104 cm³/mol. The fraction of sp³-hybridized carbons (Fsp3) is 0.333. The predicted octanol–water partition coefficient (Wildman–Crippen LogP) is 3.13. The van der Waals surface area contributed by atoms with Crippen molar-refractivity contribution >= 4 is 40.1 Å². The molecule has 9 heteroatoms. The van der Waals surface area contributed by atoms with E-state index in [1.54, 1.807) is 12.3 Å². The zero-order valence-electron chi connectivity index (χ0n) is 14.6. The average Bonchev–Trinajstić information content (AvgIpc) is 2.71. The lowest BCUT2D eigenvalue weighted by molar-refractivity contribution is 0.411.